The van der Waals surface area contributed by atoms with Gasteiger partial charge in [0, 0.05) is 6.54 Å². The van der Waals surface area contributed by atoms with Gasteiger partial charge in [-0.3, -0.25) is 0 Å². The molecule has 1 saturated heterocycles. The lowest BCUT2D eigenvalue weighted by Gasteiger charge is -2.43. The Balaban J connectivity index is 1.77. The van der Waals surface area contributed by atoms with Crippen molar-refractivity contribution in [3.8, 4) is 0 Å². The van der Waals surface area contributed by atoms with Crippen LogP contribution in [0.25, 0.3) is 0 Å². The summed E-state index contributed by atoms with van der Waals surface area (Å²) in [5.74, 6) is 0.624. The number of hydrogen-bond donors (Lipinski definition) is 0. The molecule has 3 aromatic carbocycles. The second-order valence-electron chi connectivity index (χ2n) is 8.24. The smallest absolute Gasteiger partial charge is 0.207 e. The van der Waals surface area contributed by atoms with Crippen LogP contribution in [0.2, 0.25) is 0 Å². The van der Waals surface area contributed by atoms with E-state index in [1.165, 1.54) is 5.56 Å². The summed E-state index contributed by atoms with van der Waals surface area (Å²) in [5.41, 5.74) is 3.42. The van der Waals surface area contributed by atoms with E-state index in [0.717, 1.165) is 24.0 Å². The monoisotopic (exact) mass is 419 g/mol. The molecule has 0 radical (unpaired) electrons. The molecule has 1 heterocycles. The highest BCUT2D eigenvalue weighted by Gasteiger charge is 2.42. The van der Waals surface area contributed by atoms with Crippen LogP contribution in [-0.2, 0) is 10.0 Å². The minimum atomic E-state index is -3.59. The Kier molecular flexibility index (Phi) is 6.07. The molecule has 3 nitrogen and oxygen atoms in total. The molecule has 0 saturated carbocycles. The van der Waals surface area contributed by atoms with Crippen molar-refractivity contribution >= 4 is 10.0 Å². The van der Waals surface area contributed by atoms with E-state index in [2.05, 4.69) is 43.3 Å². The number of nitrogens with zero attached hydrogens (tertiary/aromatic N) is 1. The first-order valence-electron chi connectivity index (χ1n) is 10.7. The molecule has 4 rings (SSSR count). The fourth-order valence-corrected chi connectivity index (χ4v) is 6.33. The van der Waals surface area contributed by atoms with Crippen molar-refractivity contribution in [1.29, 1.82) is 0 Å². The largest absolute Gasteiger partial charge is 0.243 e. The van der Waals surface area contributed by atoms with Gasteiger partial charge in [-0.05, 0) is 48.4 Å². The molecule has 0 unspecified atom stereocenters. The lowest BCUT2D eigenvalue weighted by Crippen LogP contribution is -2.45. The van der Waals surface area contributed by atoms with E-state index in [0.29, 0.717) is 17.4 Å². The highest BCUT2D eigenvalue weighted by atomic mass is 32.2. The molecule has 0 bridgehead atoms. The second kappa shape index (κ2) is 8.75. The zero-order chi connectivity index (χ0) is 21.1. The number of aryl methyl sites for hydroxylation is 1. The fraction of sp³-hybridized carbons (Fsp3) is 0.308. The number of piperidine rings is 1. The van der Waals surface area contributed by atoms with Crippen LogP contribution < -0.4 is 0 Å². The van der Waals surface area contributed by atoms with Crippen molar-refractivity contribution in [3.05, 3.63) is 102 Å². The molecular weight excluding hydrogens is 390 g/mol. The Morgan fingerprint density at radius 3 is 1.97 bits per heavy atom. The van der Waals surface area contributed by atoms with Gasteiger partial charge in [-0.15, -0.1) is 0 Å². The molecule has 1 aliphatic heterocycles. The van der Waals surface area contributed by atoms with Gasteiger partial charge in [0.1, 0.15) is 0 Å². The summed E-state index contributed by atoms with van der Waals surface area (Å²) in [5, 5.41) is 0. The number of sulfonamides is 1. The summed E-state index contributed by atoms with van der Waals surface area (Å²) in [7, 11) is -3.59. The van der Waals surface area contributed by atoms with Crippen LogP contribution in [0, 0.1) is 12.8 Å². The molecular formula is C26H29NO2S. The minimum Gasteiger partial charge on any atom is -0.207 e. The van der Waals surface area contributed by atoms with Gasteiger partial charge in [0.25, 0.3) is 0 Å². The van der Waals surface area contributed by atoms with Gasteiger partial charge in [0.05, 0.1) is 10.9 Å². The summed E-state index contributed by atoms with van der Waals surface area (Å²) < 4.78 is 29.2. The van der Waals surface area contributed by atoms with Crippen molar-refractivity contribution in [3.63, 3.8) is 0 Å². The highest BCUT2D eigenvalue weighted by Crippen LogP contribution is 2.45. The molecule has 1 fully saturated rings. The molecule has 0 aliphatic carbocycles. The Morgan fingerprint density at radius 2 is 1.40 bits per heavy atom. The molecule has 0 amide bonds. The maximum absolute atomic E-state index is 13.7. The third kappa shape index (κ3) is 4.07. The van der Waals surface area contributed by atoms with E-state index < -0.39 is 10.0 Å². The van der Waals surface area contributed by atoms with E-state index in [9.17, 15) is 8.42 Å². The molecule has 0 aromatic heterocycles. The topological polar surface area (TPSA) is 37.4 Å². The minimum absolute atomic E-state index is 0.175. The number of rotatable bonds is 5. The first kappa shape index (κ1) is 20.8. The normalized spacial score (nSPS) is 22.7. The second-order valence-corrected chi connectivity index (χ2v) is 10.1. The molecule has 0 spiro atoms. The first-order valence-corrected chi connectivity index (χ1v) is 12.1. The Morgan fingerprint density at radius 1 is 0.833 bits per heavy atom. The predicted molar refractivity (Wildman–Crippen MR) is 122 cm³/mol. The van der Waals surface area contributed by atoms with Crippen LogP contribution in [0.15, 0.2) is 89.8 Å². The van der Waals surface area contributed by atoms with Gasteiger partial charge < -0.3 is 0 Å². The van der Waals surface area contributed by atoms with Crippen molar-refractivity contribution in [2.45, 2.75) is 43.5 Å². The van der Waals surface area contributed by atoms with Gasteiger partial charge in [0.15, 0.2) is 0 Å². The van der Waals surface area contributed by atoms with Crippen LogP contribution in [0.4, 0.5) is 0 Å². The van der Waals surface area contributed by atoms with Gasteiger partial charge in [-0.25, -0.2) is 8.42 Å². The maximum atomic E-state index is 13.7. The van der Waals surface area contributed by atoms with Gasteiger partial charge in [-0.2, -0.15) is 4.31 Å². The van der Waals surface area contributed by atoms with Crippen molar-refractivity contribution in [2.24, 2.45) is 5.92 Å². The Labute approximate surface area is 180 Å². The Bertz CT molecular complexity index is 1060. The van der Waals surface area contributed by atoms with Crippen molar-refractivity contribution < 1.29 is 8.42 Å². The Hall–Kier alpha value is -2.43. The zero-order valence-corrected chi connectivity index (χ0v) is 18.4. The van der Waals surface area contributed by atoms with E-state index >= 15 is 0 Å². The zero-order valence-electron chi connectivity index (χ0n) is 17.6. The average molecular weight is 420 g/mol. The SMILES string of the molecule is CC[C@H]1CN(S(=O)(=O)c2ccc(C)cc2)[C@H](c2ccccc2)C[C@@H]1c1ccccc1. The molecule has 1 aliphatic rings. The van der Waals surface area contributed by atoms with Gasteiger partial charge in [0.2, 0.25) is 10.0 Å². The number of benzene rings is 3. The van der Waals surface area contributed by atoms with Crippen LogP contribution in [0.3, 0.4) is 0 Å². The van der Waals surface area contributed by atoms with E-state index in [4.69, 9.17) is 0 Å². The number of hydrogen-bond acceptors (Lipinski definition) is 2. The molecule has 156 valence electrons. The molecule has 3 aromatic rings. The molecule has 4 heteroatoms. The quantitative estimate of drug-likeness (QED) is 0.513. The third-order valence-corrected chi connectivity index (χ3v) is 8.26. The van der Waals surface area contributed by atoms with Crippen molar-refractivity contribution in [1.82, 2.24) is 4.31 Å². The fourth-order valence-electron chi connectivity index (χ4n) is 4.65. The predicted octanol–water partition coefficient (Wildman–Crippen LogP) is 5.94. The summed E-state index contributed by atoms with van der Waals surface area (Å²) in [6.45, 7) is 4.67. The van der Waals surface area contributed by atoms with E-state index in [1.807, 2.05) is 43.3 Å². The van der Waals surface area contributed by atoms with E-state index in [1.54, 1.807) is 16.4 Å². The van der Waals surface area contributed by atoms with Crippen molar-refractivity contribution in [2.75, 3.05) is 6.54 Å². The van der Waals surface area contributed by atoms with Crippen LogP contribution in [0.5, 0.6) is 0 Å². The summed E-state index contributed by atoms with van der Waals surface area (Å²) >= 11 is 0. The third-order valence-electron chi connectivity index (χ3n) is 6.37. The van der Waals surface area contributed by atoms with E-state index in [-0.39, 0.29) is 12.0 Å². The summed E-state index contributed by atoms with van der Waals surface area (Å²) in [6.07, 6.45) is 1.73. The molecule has 30 heavy (non-hydrogen) atoms. The standard InChI is InChI=1S/C26H29NO2S/c1-3-21-19-27(30(28,29)24-16-14-20(2)15-17-24)26(23-12-8-5-9-13-23)18-25(21)22-10-6-4-7-11-22/h4-17,21,25-26H,3,18-19H2,1-2H3/t21-,25-,26-/m0/s1. The average Bonchev–Trinajstić information content (AvgIpc) is 2.79. The van der Waals surface area contributed by atoms with Crippen LogP contribution >= 0.6 is 0 Å². The summed E-state index contributed by atoms with van der Waals surface area (Å²) in [4.78, 5) is 0.377. The summed E-state index contributed by atoms with van der Waals surface area (Å²) in [6, 6.07) is 27.7. The maximum Gasteiger partial charge on any atom is 0.243 e. The van der Waals surface area contributed by atoms with Gasteiger partial charge in [-0.1, -0.05) is 91.7 Å². The lowest BCUT2D eigenvalue weighted by atomic mass is 9.76. The van der Waals surface area contributed by atoms with Crippen LogP contribution in [0.1, 0.15) is 48.4 Å². The van der Waals surface area contributed by atoms with Gasteiger partial charge >= 0.3 is 0 Å². The lowest BCUT2D eigenvalue weighted by molar-refractivity contribution is 0.166. The first-order chi connectivity index (χ1) is 14.5. The molecule has 0 N–H and O–H groups in total. The highest BCUT2D eigenvalue weighted by molar-refractivity contribution is 7.89. The molecule has 3 atom stereocenters. The van der Waals surface area contributed by atoms with Crippen LogP contribution in [-0.4, -0.2) is 19.3 Å².